The molecule has 14 heavy (non-hydrogen) atoms. The predicted octanol–water partition coefficient (Wildman–Crippen LogP) is 0.695. The smallest absolute Gasteiger partial charge is 0.333 e. The van der Waals surface area contributed by atoms with E-state index in [-0.39, 0.29) is 12.2 Å². The number of ether oxygens (including phenoxy) is 1. The van der Waals surface area contributed by atoms with Gasteiger partial charge in [-0.2, -0.15) is 0 Å². The third kappa shape index (κ3) is 5.85. The second-order valence-electron chi connectivity index (χ2n) is 3.40. The summed E-state index contributed by atoms with van der Waals surface area (Å²) in [6, 6.07) is 0. The van der Waals surface area contributed by atoms with Gasteiger partial charge in [-0.3, -0.25) is 4.18 Å². The summed E-state index contributed by atoms with van der Waals surface area (Å²) in [6.07, 6.45) is 0. The van der Waals surface area contributed by atoms with E-state index in [9.17, 15) is 13.6 Å². The van der Waals surface area contributed by atoms with Crippen LogP contribution in [-0.2, 0) is 25.1 Å². The van der Waals surface area contributed by atoms with Gasteiger partial charge in [-0.25, -0.2) is 9.00 Å². The third-order valence-corrected chi connectivity index (χ3v) is 1.78. The molecule has 0 rings (SSSR count). The van der Waals surface area contributed by atoms with Gasteiger partial charge < -0.3 is 9.29 Å². The van der Waals surface area contributed by atoms with Crippen molar-refractivity contribution in [1.29, 1.82) is 0 Å². The Balaban J connectivity index is 4.05. The third-order valence-electron chi connectivity index (χ3n) is 1.19. The summed E-state index contributed by atoms with van der Waals surface area (Å²) < 4.78 is 29.6. The Morgan fingerprint density at radius 3 is 2.43 bits per heavy atom. The van der Waals surface area contributed by atoms with Crippen LogP contribution in [0.2, 0.25) is 0 Å². The maximum Gasteiger partial charge on any atom is 0.333 e. The van der Waals surface area contributed by atoms with Gasteiger partial charge in [-0.05, 0) is 20.8 Å². The van der Waals surface area contributed by atoms with Crippen LogP contribution in [0.5, 0.6) is 0 Å². The molecule has 82 valence electrons. The van der Waals surface area contributed by atoms with E-state index in [0.717, 1.165) is 0 Å². The monoisotopic (exact) mass is 221 g/mol. The van der Waals surface area contributed by atoms with Crippen molar-refractivity contribution in [3.05, 3.63) is 12.2 Å². The minimum atomic E-state index is -2.62. The molecule has 0 saturated heterocycles. The highest BCUT2D eigenvalue weighted by molar-refractivity contribution is 7.74. The fourth-order valence-electron chi connectivity index (χ4n) is 0.571. The topological polar surface area (TPSA) is 75.7 Å². The first kappa shape index (κ1) is 13.3. The highest BCUT2D eigenvalue weighted by Gasteiger charge is 2.22. The number of rotatable bonds is 5. The first-order valence-corrected chi connectivity index (χ1v) is 4.86. The Morgan fingerprint density at radius 1 is 1.57 bits per heavy atom. The van der Waals surface area contributed by atoms with Crippen molar-refractivity contribution in [2.75, 3.05) is 6.61 Å². The molecule has 6 heteroatoms. The van der Waals surface area contributed by atoms with E-state index in [1.165, 1.54) is 20.8 Å². The molecule has 0 aromatic carbocycles. The van der Waals surface area contributed by atoms with Crippen molar-refractivity contribution < 1.29 is 22.5 Å². The molecular weight excluding hydrogens is 208 g/mol. The maximum atomic E-state index is 10.9. The highest BCUT2D eigenvalue weighted by atomic mass is 32.2. The van der Waals surface area contributed by atoms with E-state index >= 15 is 0 Å². The van der Waals surface area contributed by atoms with Crippen molar-refractivity contribution in [3.63, 3.8) is 0 Å². The zero-order valence-corrected chi connectivity index (χ0v) is 9.18. The lowest BCUT2D eigenvalue weighted by Crippen LogP contribution is -2.32. The Morgan fingerprint density at radius 2 is 2.07 bits per heavy atom. The van der Waals surface area contributed by atoms with Crippen LogP contribution in [0.3, 0.4) is 0 Å². The second kappa shape index (κ2) is 5.23. The molecule has 0 radical (unpaired) electrons. The number of carbonyl (C=O) groups is 1. The standard InChI is InChI=1S/C8H14O5S/c1-6(2)7(9)12-5-8(3,4)13-14(10)11/h1,5H2,2-4H3,(H,10,11)/p-1. The van der Waals surface area contributed by atoms with Crippen molar-refractivity contribution in [1.82, 2.24) is 0 Å². The second-order valence-corrected chi connectivity index (χ2v) is 3.98. The largest absolute Gasteiger partial charge is 0.750 e. The molecule has 0 N–H and O–H groups in total. The SMILES string of the molecule is C=C(C)C(=O)OCC(C)(C)OS(=O)[O-]. The van der Waals surface area contributed by atoms with Crippen molar-refractivity contribution in [2.45, 2.75) is 26.4 Å². The van der Waals surface area contributed by atoms with Gasteiger partial charge in [0, 0.05) is 5.57 Å². The first-order chi connectivity index (χ1) is 6.24. The molecule has 0 aromatic rings. The van der Waals surface area contributed by atoms with Crippen LogP contribution in [0.1, 0.15) is 20.8 Å². The minimum absolute atomic E-state index is 0.146. The van der Waals surface area contributed by atoms with Crippen molar-refractivity contribution in [3.8, 4) is 0 Å². The van der Waals surface area contributed by atoms with Gasteiger partial charge in [0.2, 0.25) is 0 Å². The maximum absolute atomic E-state index is 10.9. The van der Waals surface area contributed by atoms with Crippen LogP contribution in [-0.4, -0.2) is 26.9 Å². The lowest BCUT2D eigenvalue weighted by molar-refractivity contribution is -0.143. The van der Waals surface area contributed by atoms with Crippen LogP contribution in [0.4, 0.5) is 0 Å². The number of carbonyl (C=O) groups excluding carboxylic acids is 1. The lowest BCUT2D eigenvalue weighted by Gasteiger charge is -2.24. The Labute approximate surface area is 85.6 Å². The molecule has 0 amide bonds. The van der Waals surface area contributed by atoms with Gasteiger partial charge in [0.05, 0.1) is 11.4 Å². The summed E-state index contributed by atoms with van der Waals surface area (Å²) in [5.74, 6) is -0.571. The zero-order valence-electron chi connectivity index (χ0n) is 8.36. The molecule has 5 nitrogen and oxygen atoms in total. The zero-order chi connectivity index (χ0) is 11.4. The van der Waals surface area contributed by atoms with E-state index in [1.807, 2.05) is 0 Å². The summed E-state index contributed by atoms with van der Waals surface area (Å²) in [6.45, 7) is 7.72. The van der Waals surface area contributed by atoms with Crippen molar-refractivity contribution in [2.24, 2.45) is 0 Å². The molecule has 0 aliphatic rings. The molecule has 0 heterocycles. The van der Waals surface area contributed by atoms with E-state index in [1.54, 1.807) is 0 Å². The normalized spacial score (nSPS) is 13.4. The van der Waals surface area contributed by atoms with Crippen LogP contribution >= 0.6 is 0 Å². The van der Waals surface area contributed by atoms with E-state index in [4.69, 9.17) is 4.74 Å². The molecule has 0 aliphatic heterocycles. The highest BCUT2D eigenvalue weighted by Crippen LogP contribution is 2.11. The van der Waals surface area contributed by atoms with E-state index in [0.29, 0.717) is 0 Å². The Kier molecular flexibility index (Phi) is 4.96. The first-order valence-electron chi connectivity index (χ1n) is 3.86. The van der Waals surface area contributed by atoms with Gasteiger partial charge in [0.15, 0.2) is 0 Å². The fraction of sp³-hybridized carbons (Fsp3) is 0.625. The summed E-state index contributed by atoms with van der Waals surface area (Å²) in [5, 5.41) is 0. The summed E-state index contributed by atoms with van der Waals surface area (Å²) in [7, 11) is 0. The number of hydrogen-bond donors (Lipinski definition) is 0. The molecule has 1 atom stereocenters. The van der Waals surface area contributed by atoms with Crippen LogP contribution in [0, 0.1) is 0 Å². The molecule has 0 spiro atoms. The van der Waals surface area contributed by atoms with Gasteiger partial charge in [0.25, 0.3) is 0 Å². The van der Waals surface area contributed by atoms with Crippen LogP contribution < -0.4 is 0 Å². The molecule has 0 bridgehead atoms. The summed E-state index contributed by atoms with van der Waals surface area (Å²) in [5.41, 5.74) is -0.804. The van der Waals surface area contributed by atoms with Gasteiger partial charge in [-0.15, -0.1) is 0 Å². The predicted molar refractivity (Wildman–Crippen MR) is 49.9 cm³/mol. The Bertz CT molecular complexity index is 258. The average Bonchev–Trinajstić information content (AvgIpc) is 1.97. The lowest BCUT2D eigenvalue weighted by atomic mass is 10.2. The molecular formula is C8H13O5S-. The molecule has 1 unspecified atom stereocenters. The fourth-order valence-corrected chi connectivity index (χ4v) is 0.987. The minimum Gasteiger partial charge on any atom is -0.750 e. The molecule has 0 aliphatic carbocycles. The quantitative estimate of drug-likeness (QED) is 0.388. The molecule has 0 aromatic heterocycles. The van der Waals surface area contributed by atoms with E-state index in [2.05, 4.69) is 10.8 Å². The molecule has 0 saturated carbocycles. The number of hydrogen-bond acceptors (Lipinski definition) is 5. The van der Waals surface area contributed by atoms with Crippen LogP contribution in [0.25, 0.3) is 0 Å². The van der Waals surface area contributed by atoms with Gasteiger partial charge in [0.1, 0.15) is 12.2 Å². The number of esters is 1. The van der Waals surface area contributed by atoms with Crippen molar-refractivity contribution >= 4 is 17.3 Å². The summed E-state index contributed by atoms with van der Waals surface area (Å²) >= 11 is -2.62. The molecule has 0 fully saturated rings. The summed E-state index contributed by atoms with van der Waals surface area (Å²) in [4.78, 5) is 10.9. The Hall–Kier alpha value is -0.720. The average molecular weight is 221 g/mol. The van der Waals surface area contributed by atoms with E-state index < -0.39 is 22.9 Å². The van der Waals surface area contributed by atoms with Gasteiger partial charge >= 0.3 is 5.97 Å². The van der Waals surface area contributed by atoms with Gasteiger partial charge in [-0.1, -0.05) is 6.58 Å². The van der Waals surface area contributed by atoms with Crippen LogP contribution in [0.15, 0.2) is 12.2 Å².